The lowest BCUT2D eigenvalue weighted by molar-refractivity contribution is -0.160. The molecule has 1 aromatic carbocycles. The van der Waals surface area contributed by atoms with E-state index in [-0.39, 0.29) is 29.2 Å². The first-order valence-electron chi connectivity index (χ1n) is 8.43. The van der Waals surface area contributed by atoms with Gasteiger partial charge in [-0.05, 0) is 55.4 Å². The number of Topliss-reactive ketones (excluding diaryl/α,β-unsaturated/α-hetero) is 1. The Morgan fingerprint density at radius 3 is 2.83 bits per heavy atom. The molecule has 2 fully saturated rings. The number of rotatable bonds is 1. The van der Waals surface area contributed by atoms with E-state index < -0.39 is 0 Å². The molecule has 1 saturated heterocycles. The van der Waals surface area contributed by atoms with Crippen LogP contribution in [0.15, 0.2) is 18.2 Å². The van der Waals surface area contributed by atoms with E-state index in [1.165, 1.54) is 0 Å². The first-order valence-corrected chi connectivity index (χ1v) is 8.43. The van der Waals surface area contributed by atoms with E-state index in [1.54, 1.807) is 7.11 Å². The quantitative estimate of drug-likeness (QED) is 0.800. The van der Waals surface area contributed by atoms with Gasteiger partial charge in [-0.15, -0.1) is 0 Å². The molecule has 3 aliphatic rings. The number of hydrogen-bond donors (Lipinski definition) is 0. The zero-order chi connectivity index (χ0) is 16.4. The highest BCUT2D eigenvalue weighted by Gasteiger charge is 2.58. The number of carbonyl (C=O) groups excluding carboxylic acids is 2. The zero-order valence-electron chi connectivity index (χ0n) is 14.0. The number of piperidine rings is 1. The summed E-state index contributed by atoms with van der Waals surface area (Å²) in [4.78, 5) is 27.8. The second-order valence-corrected chi connectivity index (χ2v) is 7.52. The normalized spacial score (nSPS) is 35.6. The van der Waals surface area contributed by atoms with Gasteiger partial charge in [0.05, 0.1) is 12.5 Å². The van der Waals surface area contributed by atoms with Crippen LogP contribution >= 0.6 is 0 Å². The monoisotopic (exact) mass is 313 g/mol. The largest absolute Gasteiger partial charge is 0.497 e. The number of likely N-dealkylation sites (tertiary alicyclic amines) is 1. The average molecular weight is 313 g/mol. The van der Waals surface area contributed by atoms with Crippen molar-refractivity contribution >= 4 is 11.7 Å². The van der Waals surface area contributed by atoms with Gasteiger partial charge in [-0.1, -0.05) is 6.07 Å². The molecule has 1 aliphatic heterocycles. The van der Waals surface area contributed by atoms with Gasteiger partial charge >= 0.3 is 0 Å². The Morgan fingerprint density at radius 2 is 2.09 bits per heavy atom. The molecule has 4 atom stereocenters. The average Bonchev–Trinajstić information content (AvgIpc) is 2.56. The van der Waals surface area contributed by atoms with Crippen LogP contribution in [0, 0.1) is 11.3 Å². The first-order chi connectivity index (χ1) is 11.0. The van der Waals surface area contributed by atoms with Crippen LogP contribution in [0.1, 0.15) is 43.2 Å². The van der Waals surface area contributed by atoms with Crippen molar-refractivity contribution in [2.45, 2.75) is 44.6 Å². The topological polar surface area (TPSA) is 46.6 Å². The third kappa shape index (κ3) is 1.90. The van der Waals surface area contributed by atoms with E-state index in [0.29, 0.717) is 18.6 Å². The highest BCUT2D eigenvalue weighted by Crippen LogP contribution is 2.57. The molecule has 2 aliphatic carbocycles. The summed E-state index contributed by atoms with van der Waals surface area (Å²) in [5, 5.41) is 0. The van der Waals surface area contributed by atoms with Crippen molar-refractivity contribution in [3.05, 3.63) is 29.3 Å². The Hall–Kier alpha value is -1.84. The minimum atomic E-state index is -0.374. The van der Waals surface area contributed by atoms with Crippen LogP contribution in [-0.4, -0.2) is 36.8 Å². The van der Waals surface area contributed by atoms with Crippen molar-refractivity contribution < 1.29 is 14.3 Å². The number of nitrogens with zero attached hydrogens (tertiary/aromatic N) is 1. The molecule has 0 N–H and O–H groups in total. The molecule has 23 heavy (non-hydrogen) atoms. The molecule has 4 nitrogen and oxygen atoms in total. The fourth-order valence-corrected chi connectivity index (χ4v) is 5.02. The Kier molecular flexibility index (Phi) is 3.09. The minimum Gasteiger partial charge on any atom is -0.497 e. The summed E-state index contributed by atoms with van der Waals surface area (Å²) in [7, 11) is 3.55. The molecule has 1 spiro atoms. The zero-order valence-corrected chi connectivity index (χ0v) is 14.0. The summed E-state index contributed by atoms with van der Waals surface area (Å²) >= 11 is 0. The highest BCUT2D eigenvalue weighted by atomic mass is 16.5. The van der Waals surface area contributed by atoms with Gasteiger partial charge in [-0.25, -0.2) is 0 Å². The van der Waals surface area contributed by atoms with Gasteiger partial charge in [0.1, 0.15) is 11.5 Å². The van der Waals surface area contributed by atoms with Gasteiger partial charge in [-0.3, -0.25) is 9.59 Å². The second-order valence-electron chi connectivity index (χ2n) is 7.52. The lowest BCUT2D eigenvalue weighted by Gasteiger charge is -2.55. The summed E-state index contributed by atoms with van der Waals surface area (Å²) in [6.45, 7) is 2.09. The molecule has 1 saturated carbocycles. The standard InChI is InChI=1S/C19H23NO3/c1-11-6-13-7-17(21)16-10-19(13,18(22)20(11)2)9-12-4-5-14(23-3)8-15(12)16/h4-5,8,11,13,16H,6-7,9-10H2,1-3H3/t11-,13+,16+,19-/m1/s1. The van der Waals surface area contributed by atoms with Crippen molar-refractivity contribution in [1.29, 1.82) is 0 Å². The minimum absolute atomic E-state index is 0.143. The molecule has 122 valence electrons. The summed E-state index contributed by atoms with van der Waals surface area (Å²) in [6.07, 6.45) is 2.92. The lowest BCUT2D eigenvalue weighted by atomic mass is 9.52. The molecule has 4 heteroatoms. The van der Waals surface area contributed by atoms with Gasteiger partial charge < -0.3 is 9.64 Å². The molecule has 2 bridgehead atoms. The predicted molar refractivity (Wildman–Crippen MR) is 86.5 cm³/mol. The molecule has 1 amide bonds. The molecule has 1 heterocycles. The number of amides is 1. The third-order valence-corrected chi connectivity index (χ3v) is 6.45. The smallest absolute Gasteiger partial charge is 0.229 e. The van der Waals surface area contributed by atoms with Crippen LogP contribution < -0.4 is 4.74 Å². The molecular weight excluding hydrogens is 290 g/mol. The van der Waals surface area contributed by atoms with E-state index in [4.69, 9.17) is 4.74 Å². The van der Waals surface area contributed by atoms with Crippen molar-refractivity contribution in [2.75, 3.05) is 14.2 Å². The molecule has 0 radical (unpaired) electrons. The Bertz CT molecular complexity index is 698. The Balaban J connectivity index is 1.83. The van der Waals surface area contributed by atoms with Crippen molar-refractivity contribution in [1.82, 2.24) is 4.90 Å². The SMILES string of the molecule is COc1ccc2c(c1)[C@@H]1C[C@@]3(C2)C(=O)N(C)[C@H](C)C[C@H]3CC1=O. The van der Waals surface area contributed by atoms with Crippen LogP contribution in [-0.2, 0) is 16.0 Å². The van der Waals surface area contributed by atoms with E-state index in [9.17, 15) is 9.59 Å². The highest BCUT2D eigenvalue weighted by molar-refractivity contribution is 5.94. The number of carbonyl (C=O) groups is 2. The Morgan fingerprint density at radius 1 is 1.30 bits per heavy atom. The maximum absolute atomic E-state index is 13.1. The molecule has 4 rings (SSSR count). The number of fused-ring (bicyclic) bond motifs is 3. The summed E-state index contributed by atoms with van der Waals surface area (Å²) in [6, 6.07) is 6.20. The van der Waals surface area contributed by atoms with Crippen LogP contribution in [0.4, 0.5) is 0 Å². The van der Waals surface area contributed by atoms with Crippen molar-refractivity contribution in [3.8, 4) is 5.75 Å². The second kappa shape index (κ2) is 4.83. The number of ether oxygens (including phenoxy) is 1. The van der Waals surface area contributed by atoms with Crippen LogP contribution in [0.25, 0.3) is 0 Å². The van der Waals surface area contributed by atoms with Crippen LogP contribution in [0.5, 0.6) is 5.75 Å². The van der Waals surface area contributed by atoms with Crippen LogP contribution in [0.3, 0.4) is 0 Å². The van der Waals surface area contributed by atoms with E-state index in [2.05, 4.69) is 6.92 Å². The van der Waals surface area contributed by atoms with Gasteiger partial charge in [-0.2, -0.15) is 0 Å². The lowest BCUT2D eigenvalue weighted by Crippen LogP contribution is -2.60. The number of ketones is 1. The third-order valence-electron chi connectivity index (χ3n) is 6.45. The molecule has 1 aromatic rings. The summed E-state index contributed by atoms with van der Waals surface area (Å²) in [5.41, 5.74) is 1.85. The van der Waals surface area contributed by atoms with Gasteiger partial charge in [0, 0.05) is 25.4 Å². The molecule has 0 unspecified atom stereocenters. The van der Waals surface area contributed by atoms with Crippen molar-refractivity contribution in [3.63, 3.8) is 0 Å². The number of hydrogen-bond acceptors (Lipinski definition) is 3. The fraction of sp³-hybridized carbons (Fsp3) is 0.579. The van der Waals surface area contributed by atoms with Gasteiger partial charge in [0.15, 0.2) is 0 Å². The van der Waals surface area contributed by atoms with Crippen molar-refractivity contribution in [2.24, 2.45) is 11.3 Å². The van der Waals surface area contributed by atoms with E-state index in [0.717, 1.165) is 29.7 Å². The maximum atomic E-state index is 13.1. The maximum Gasteiger partial charge on any atom is 0.229 e. The number of methoxy groups -OCH3 is 1. The van der Waals surface area contributed by atoms with Gasteiger partial charge in [0.2, 0.25) is 5.91 Å². The van der Waals surface area contributed by atoms with E-state index >= 15 is 0 Å². The Labute approximate surface area is 136 Å². The molecular formula is C19H23NO3. The van der Waals surface area contributed by atoms with Gasteiger partial charge in [0.25, 0.3) is 0 Å². The van der Waals surface area contributed by atoms with E-state index in [1.807, 2.05) is 30.1 Å². The summed E-state index contributed by atoms with van der Waals surface area (Å²) in [5.74, 6) is 1.37. The predicted octanol–water partition coefficient (Wildman–Crippen LogP) is 2.55. The fourth-order valence-electron chi connectivity index (χ4n) is 5.02. The summed E-state index contributed by atoms with van der Waals surface area (Å²) < 4.78 is 5.32. The number of benzene rings is 1. The molecule has 0 aromatic heterocycles. The first kappa shape index (κ1) is 14.7. The van der Waals surface area contributed by atoms with Crippen LogP contribution in [0.2, 0.25) is 0 Å².